The van der Waals surface area contributed by atoms with Gasteiger partial charge in [0.1, 0.15) is 0 Å². The number of rotatable bonds is 9. The summed E-state index contributed by atoms with van der Waals surface area (Å²) in [6.45, 7) is 10.4. The Morgan fingerprint density at radius 2 is 2.00 bits per heavy atom. The fourth-order valence-corrected chi connectivity index (χ4v) is 3.07. The molecule has 1 aromatic heterocycles. The number of aliphatic imine (C=N–C) groups is 1. The lowest BCUT2D eigenvalue weighted by Gasteiger charge is -2.15. The number of guanidine groups is 1. The second kappa shape index (κ2) is 12.2. The van der Waals surface area contributed by atoms with Crippen molar-refractivity contribution in [3.8, 4) is 11.5 Å². The van der Waals surface area contributed by atoms with Crippen LogP contribution in [0.3, 0.4) is 0 Å². The van der Waals surface area contributed by atoms with Crippen LogP contribution < -0.4 is 20.1 Å². The third-order valence-electron chi connectivity index (χ3n) is 4.56. The Hall–Kier alpha value is -2.80. The van der Waals surface area contributed by atoms with E-state index in [1.54, 1.807) is 0 Å². The van der Waals surface area contributed by atoms with Crippen LogP contribution in [-0.4, -0.2) is 43.9 Å². The van der Waals surface area contributed by atoms with Crippen LogP contribution in [0, 0.1) is 12.8 Å². The lowest BCUT2D eigenvalue weighted by Crippen LogP contribution is -2.32. The molecule has 0 saturated heterocycles. The molecule has 2 aromatic rings. The Labute approximate surface area is 185 Å². The number of aryl methyl sites for hydroxylation is 1. The van der Waals surface area contributed by atoms with Gasteiger partial charge in [-0.05, 0) is 43.5 Å². The topological polar surface area (TPSA) is 77.0 Å². The SMILES string of the molecule is Cc1cccc(CN=C(NCCCOCC(C)C)Nc2ccc3c(c2)OCCCO3)n1. The monoisotopic (exact) mass is 426 g/mol. The number of anilines is 1. The van der Waals surface area contributed by atoms with E-state index in [2.05, 4.69) is 29.5 Å². The number of hydrogen-bond acceptors (Lipinski definition) is 5. The van der Waals surface area contributed by atoms with Crippen LogP contribution in [0.5, 0.6) is 11.5 Å². The number of aromatic nitrogens is 1. The van der Waals surface area contributed by atoms with Crippen molar-refractivity contribution < 1.29 is 14.2 Å². The molecule has 0 atom stereocenters. The lowest BCUT2D eigenvalue weighted by atomic mass is 10.2. The molecule has 1 aliphatic heterocycles. The summed E-state index contributed by atoms with van der Waals surface area (Å²) in [7, 11) is 0. The van der Waals surface area contributed by atoms with Crippen molar-refractivity contribution >= 4 is 11.6 Å². The minimum atomic E-state index is 0.491. The van der Waals surface area contributed by atoms with Crippen LogP contribution in [0.1, 0.15) is 38.1 Å². The third-order valence-corrected chi connectivity index (χ3v) is 4.56. The summed E-state index contributed by atoms with van der Waals surface area (Å²) < 4.78 is 17.2. The highest BCUT2D eigenvalue weighted by atomic mass is 16.5. The van der Waals surface area contributed by atoms with Crippen LogP contribution in [0.25, 0.3) is 0 Å². The quantitative estimate of drug-likeness (QED) is 0.356. The van der Waals surface area contributed by atoms with Gasteiger partial charge in [0.2, 0.25) is 0 Å². The molecule has 1 aliphatic rings. The largest absolute Gasteiger partial charge is 0.490 e. The highest BCUT2D eigenvalue weighted by molar-refractivity contribution is 5.93. The average Bonchev–Trinajstić information content (AvgIpc) is 2.99. The Bertz CT molecular complexity index is 854. The predicted molar refractivity (Wildman–Crippen MR) is 124 cm³/mol. The lowest BCUT2D eigenvalue weighted by molar-refractivity contribution is 0.108. The Kier molecular flexibility index (Phi) is 8.97. The van der Waals surface area contributed by atoms with Crippen molar-refractivity contribution in [3.05, 3.63) is 47.8 Å². The van der Waals surface area contributed by atoms with Crippen LogP contribution in [0.15, 0.2) is 41.4 Å². The molecule has 0 bridgehead atoms. The van der Waals surface area contributed by atoms with Crippen LogP contribution >= 0.6 is 0 Å². The van der Waals surface area contributed by atoms with Gasteiger partial charge in [-0.25, -0.2) is 4.99 Å². The fourth-order valence-electron chi connectivity index (χ4n) is 3.07. The van der Waals surface area contributed by atoms with E-state index >= 15 is 0 Å². The zero-order valence-electron chi connectivity index (χ0n) is 18.8. The minimum absolute atomic E-state index is 0.491. The summed E-state index contributed by atoms with van der Waals surface area (Å²) in [5.41, 5.74) is 2.81. The summed E-state index contributed by atoms with van der Waals surface area (Å²) in [6, 6.07) is 11.8. The van der Waals surface area contributed by atoms with E-state index in [0.717, 1.165) is 61.2 Å². The first-order valence-corrected chi connectivity index (χ1v) is 11.1. The molecule has 0 spiro atoms. The summed E-state index contributed by atoms with van der Waals surface area (Å²) in [4.78, 5) is 9.26. The van der Waals surface area contributed by atoms with Crippen molar-refractivity contribution in [1.82, 2.24) is 10.3 Å². The number of hydrogen-bond donors (Lipinski definition) is 2. The maximum absolute atomic E-state index is 5.81. The van der Waals surface area contributed by atoms with E-state index in [-0.39, 0.29) is 0 Å². The van der Waals surface area contributed by atoms with Crippen LogP contribution in [0.4, 0.5) is 5.69 Å². The molecular weight excluding hydrogens is 392 g/mol. The van der Waals surface area contributed by atoms with E-state index in [1.165, 1.54) is 0 Å². The number of nitrogens with one attached hydrogen (secondary N) is 2. The molecule has 0 amide bonds. The molecule has 7 heteroatoms. The maximum atomic E-state index is 5.81. The van der Waals surface area contributed by atoms with Gasteiger partial charge in [0.25, 0.3) is 0 Å². The van der Waals surface area contributed by atoms with Gasteiger partial charge in [-0.15, -0.1) is 0 Å². The number of ether oxygens (including phenoxy) is 3. The molecule has 1 aromatic carbocycles. The molecule has 0 saturated carbocycles. The maximum Gasteiger partial charge on any atom is 0.196 e. The van der Waals surface area contributed by atoms with Gasteiger partial charge in [-0.1, -0.05) is 19.9 Å². The second-order valence-corrected chi connectivity index (χ2v) is 8.02. The van der Waals surface area contributed by atoms with Gasteiger partial charge < -0.3 is 24.8 Å². The molecule has 0 unspecified atom stereocenters. The molecule has 0 aliphatic carbocycles. The van der Waals surface area contributed by atoms with Gasteiger partial charge >= 0.3 is 0 Å². The number of fused-ring (bicyclic) bond motifs is 1. The molecule has 31 heavy (non-hydrogen) atoms. The Morgan fingerprint density at radius 1 is 1.16 bits per heavy atom. The van der Waals surface area contributed by atoms with Crippen molar-refractivity contribution in [2.75, 3.05) is 38.3 Å². The van der Waals surface area contributed by atoms with Crippen molar-refractivity contribution in [2.24, 2.45) is 10.9 Å². The standard InChI is InChI=1S/C24H34N4O3/c1-18(2)17-29-12-5-11-25-24(26-16-21-8-4-7-19(3)27-21)28-20-9-10-22-23(15-20)31-14-6-13-30-22/h4,7-10,15,18H,5-6,11-14,16-17H2,1-3H3,(H2,25,26,28). The van der Waals surface area contributed by atoms with Crippen molar-refractivity contribution in [2.45, 2.75) is 40.2 Å². The van der Waals surface area contributed by atoms with E-state index in [4.69, 9.17) is 19.2 Å². The number of benzene rings is 1. The zero-order valence-corrected chi connectivity index (χ0v) is 18.8. The average molecular weight is 427 g/mol. The second-order valence-electron chi connectivity index (χ2n) is 8.02. The number of pyridine rings is 1. The Morgan fingerprint density at radius 3 is 2.81 bits per heavy atom. The molecular formula is C24H34N4O3. The first-order chi connectivity index (χ1) is 15.1. The first kappa shape index (κ1) is 22.9. The van der Waals surface area contributed by atoms with E-state index in [0.29, 0.717) is 31.6 Å². The molecule has 0 fully saturated rings. The van der Waals surface area contributed by atoms with E-state index in [1.807, 2.05) is 43.3 Å². The molecule has 168 valence electrons. The van der Waals surface area contributed by atoms with Crippen LogP contribution in [-0.2, 0) is 11.3 Å². The minimum Gasteiger partial charge on any atom is -0.490 e. The predicted octanol–water partition coefficient (Wildman–Crippen LogP) is 4.17. The normalized spacial score (nSPS) is 13.7. The highest BCUT2D eigenvalue weighted by Crippen LogP contribution is 2.32. The summed E-state index contributed by atoms with van der Waals surface area (Å²) in [5, 5.41) is 6.77. The zero-order chi connectivity index (χ0) is 21.9. The molecule has 3 rings (SSSR count). The smallest absolute Gasteiger partial charge is 0.196 e. The highest BCUT2D eigenvalue weighted by Gasteiger charge is 2.11. The van der Waals surface area contributed by atoms with Gasteiger partial charge in [-0.3, -0.25) is 4.98 Å². The van der Waals surface area contributed by atoms with Crippen molar-refractivity contribution in [1.29, 1.82) is 0 Å². The van der Waals surface area contributed by atoms with E-state index < -0.39 is 0 Å². The Balaban J connectivity index is 1.63. The first-order valence-electron chi connectivity index (χ1n) is 11.1. The van der Waals surface area contributed by atoms with Gasteiger partial charge in [0, 0.05) is 43.6 Å². The summed E-state index contributed by atoms with van der Waals surface area (Å²) in [6.07, 6.45) is 1.78. The summed E-state index contributed by atoms with van der Waals surface area (Å²) >= 11 is 0. The fraction of sp³-hybridized carbons (Fsp3) is 0.500. The van der Waals surface area contributed by atoms with E-state index in [9.17, 15) is 0 Å². The van der Waals surface area contributed by atoms with Gasteiger partial charge in [0.05, 0.1) is 25.5 Å². The molecule has 0 radical (unpaired) electrons. The number of nitrogens with zero attached hydrogens (tertiary/aromatic N) is 2. The molecule has 2 heterocycles. The van der Waals surface area contributed by atoms with Crippen molar-refractivity contribution in [3.63, 3.8) is 0 Å². The molecule has 2 N–H and O–H groups in total. The van der Waals surface area contributed by atoms with Crippen LogP contribution in [0.2, 0.25) is 0 Å². The third kappa shape index (κ3) is 8.09. The molecule has 7 nitrogen and oxygen atoms in total. The van der Waals surface area contributed by atoms with Gasteiger partial charge in [0.15, 0.2) is 17.5 Å². The van der Waals surface area contributed by atoms with Gasteiger partial charge in [-0.2, -0.15) is 0 Å². The summed E-state index contributed by atoms with van der Waals surface area (Å²) in [5.74, 6) is 2.78.